The van der Waals surface area contributed by atoms with Crippen LogP contribution in [0.4, 0.5) is 0 Å². The Morgan fingerprint density at radius 2 is 1.95 bits per heavy atom. The minimum Gasteiger partial charge on any atom is -0.495 e. The molecule has 0 saturated carbocycles. The molecule has 1 heterocycles. The number of nitrogens with one attached hydrogen (secondary N) is 1. The Balaban J connectivity index is 2.49. The highest BCUT2D eigenvalue weighted by Gasteiger charge is 2.20. The number of H-pyrrole nitrogens is 1. The van der Waals surface area contributed by atoms with Gasteiger partial charge in [0.25, 0.3) is 0 Å². The lowest BCUT2D eigenvalue weighted by atomic mass is 9.94. The number of rotatable bonds is 1. The predicted molar refractivity (Wildman–Crippen MR) is 83.2 cm³/mol. The van der Waals surface area contributed by atoms with Crippen molar-refractivity contribution in [1.29, 1.82) is 0 Å². The molecule has 19 heavy (non-hydrogen) atoms. The summed E-state index contributed by atoms with van der Waals surface area (Å²) in [6, 6.07) is 1.91. The van der Waals surface area contributed by atoms with Crippen LogP contribution in [-0.2, 0) is 12.8 Å². The van der Waals surface area contributed by atoms with E-state index in [1.54, 1.807) is 7.11 Å². The summed E-state index contributed by atoms with van der Waals surface area (Å²) in [4.78, 5) is 16.1. The predicted octanol–water partition coefficient (Wildman–Crippen LogP) is 3.94. The van der Waals surface area contributed by atoms with Crippen LogP contribution in [0.15, 0.2) is 19.8 Å². The zero-order valence-corrected chi connectivity index (χ0v) is 13.7. The quantitative estimate of drug-likeness (QED) is 0.806. The lowest BCUT2D eigenvalue weighted by Gasteiger charge is -2.18. The molecule has 0 atom stereocenters. The van der Waals surface area contributed by atoms with E-state index in [1.807, 2.05) is 6.07 Å². The third-order valence-electron chi connectivity index (χ3n) is 3.64. The van der Waals surface area contributed by atoms with Crippen LogP contribution in [0.5, 0.6) is 5.75 Å². The maximum atomic E-state index is 12.7. The molecule has 0 radical (unpaired) electrons. The van der Waals surface area contributed by atoms with Crippen LogP contribution in [0, 0.1) is 0 Å². The number of aryl methyl sites for hydroxylation is 1. The molecule has 0 amide bonds. The molecule has 1 aliphatic rings. The second-order valence-electron chi connectivity index (χ2n) is 4.74. The molecule has 3 rings (SSSR count). The fourth-order valence-electron chi connectivity index (χ4n) is 2.74. The largest absolute Gasteiger partial charge is 0.495 e. The molecule has 100 valence electrons. The molecule has 0 bridgehead atoms. The first-order valence-electron chi connectivity index (χ1n) is 6.23. The van der Waals surface area contributed by atoms with Crippen LogP contribution >= 0.6 is 31.9 Å². The van der Waals surface area contributed by atoms with E-state index in [0.717, 1.165) is 51.4 Å². The van der Waals surface area contributed by atoms with Crippen LogP contribution in [0.25, 0.3) is 10.9 Å². The van der Waals surface area contributed by atoms with Gasteiger partial charge in [0.05, 0.1) is 22.5 Å². The van der Waals surface area contributed by atoms with Crippen LogP contribution in [0.1, 0.15) is 24.1 Å². The number of ether oxygens (including phenoxy) is 1. The van der Waals surface area contributed by atoms with Gasteiger partial charge in [0.1, 0.15) is 5.75 Å². The third-order valence-corrected chi connectivity index (χ3v) is 4.85. The van der Waals surface area contributed by atoms with Gasteiger partial charge in [-0.05, 0) is 63.6 Å². The highest BCUT2D eigenvalue weighted by Crippen LogP contribution is 2.37. The molecular weight excluding hydrogens is 374 g/mol. The van der Waals surface area contributed by atoms with E-state index in [9.17, 15) is 4.79 Å². The van der Waals surface area contributed by atoms with Gasteiger partial charge in [-0.3, -0.25) is 4.79 Å². The van der Waals surface area contributed by atoms with Gasteiger partial charge in [0.15, 0.2) is 5.43 Å². The van der Waals surface area contributed by atoms with Crippen LogP contribution in [0.3, 0.4) is 0 Å². The Morgan fingerprint density at radius 3 is 2.68 bits per heavy atom. The second-order valence-corrected chi connectivity index (χ2v) is 6.45. The van der Waals surface area contributed by atoms with Crippen LogP contribution in [0.2, 0.25) is 0 Å². The number of benzene rings is 1. The molecule has 2 aromatic rings. The van der Waals surface area contributed by atoms with Gasteiger partial charge < -0.3 is 9.72 Å². The monoisotopic (exact) mass is 385 g/mol. The van der Waals surface area contributed by atoms with Crippen LogP contribution in [-0.4, -0.2) is 12.1 Å². The summed E-state index contributed by atoms with van der Waals surface area (Å²) in [6.07, 6.45) is 4.03. The summed E-state index contributed by atoms with van der Waals surface area (Å²) >= 11 is 6.97. The molecule has 3 nitrogen and oxygen atoms in total. The lowest BCUT2D eigenvalue weighted by Crippen LogP contribution is -2.19. The normalized spacial score (nSPS) is 14.5. The number of aromatic amines is 1. The summed E-state index contributed by atoms with van der Waals surface area (Å²) in [5.74, 6) is 0.604. The number of aromatic nitrogens is 1. The first kappa shape index (κ1) is 13.2. The zero-order chi connectivity index (χ0) is 13.6. The minimum atomic E-state index is 0.0994. The molecule has 1 aromatic heterocycles. The van der Waals surface area contributed by atoms with E-state index < -0.39 is 0 Å². The molecule has 0 unspecified atom stereocenters. The highest BCUT2D eigenvalue weighted by molar-refractivity contribution is 9.11. The average molecular weight is 387 g/mol. The summed E-state index contributed by atoms with van der Waals surface area (Å²) in [5, 5.41) is 0.629. The molecule has 5 heteroatoms. The standard InChI is InChI=1S/C14H13Br2NO2/c1-19-14-9(16)6-8(15)12-11(14)13(18)7-4-2-3-5-10(7)17-12/h6H,2-5H2,1H3,(H,17,18). The van der Waals surface area contributed by atoms with Crippen molar-refractivity contribution >= 4 is 42.8 Å². The van der Waals surface area contributed by atoms with Gasteiger partial charge >= 0.3 is 0 Å². The van der Waals surface area contributed by atoms with E-state index in [1.165, 1.54) is 0 Å². The summed E-state index contributed by atoms with van der Waals surface area (Å²) in [5.41, 5.74) is 2.92. The van der Waals surface area contributed by atoms with Gasteiger partial charge in [-0.2, -0.15) is 0 Å². The maximum absolute atomic E-state index is 12.7. The minimum absolute atomic E-state index is 0.0994. The molecule has 1 aliphatic carbocycles. The topological polar surface area (TPSA) is 42.1 Å². The van der Waals surface area contributed by atoms with Crippen molar-refractivity contribution in [2.75, 3.05) is 7.11 Å². The Labute approximate surface area is 127 Å². The Hall–Kier alpha value is -0.810. The van der Waals surface area contributed by atoms with Crippen LogP contribution < -0.4 is 10.2 Å². The molecule has 0 aliphatic heterocycles. The third kappa shape index (κ3) is 2.03. The van der Waals surface area contributed by atoms with Crippen molar-refractivity contribution in [2.24, 2.45) is 0 Å². The molecule has 0 saturated heterocycles. The SMILES string of the molecule is COc1c(Br)cc(Br)c2[nH]c3c(c(=O)c12)CCCC3. The van der Waals surface area contributed by atoms with Gasteiger partial charge in [-0.15, -0.1) is 0 Å². The van der Waals surface area contributed by atoms with Crippen molar-refractivity contribution in [2.45, 2.75) is 25.7 Å². The van der Waals surface area contributed by atoms with Crippen molar-refractivity contribution in [1.82, 2.24) is 4.98 Å². The fourth-order valence-corrected chi connectivity index (χ4v) is 4.16. The smallest absolute Gasteiger partial charge is 0.196 e. The van der Waals surface area contributed by atoms with Crippen molar-refractivity contribution in [3.63, 3.8) is 0 Å². The number of hydrogen-bond acceptors (Lipinski definition) is 2. The Morgan fingerprint density at radius 1 is 1.21 bits per heavy atom. The zero-order valence-electron chi connectivity index (χ0n) is 10.5. The van der Waals surface area contributed by atoms with E-state index in [0.29, 0.717) is 11.1 Å². The Kier molecular flexibility index (Phi) is 3.43. The maximum Gasteiger partial charge on any atom is 0.196 e. The van der Waals surface area contributed by atoms with E-state index >= 15 is 0 Å². The van der Waals surface area contributed by atoms with Gasteiger partial charge in [0.2, 0.25) is 0 Å². The fraction of sp³-hybridized carbons (Fsp3) is 0.357. The molecule has 0 spiro atoms. The number of fused-ring (bicyclic) bond motifs is 2. The summed E-state index contributed by atoms with van der Waals surface area (Å²) < 4.78 is 7.06. The summed E-state index contributed by atoms with van der Waals surface area (Å²) in [6.45, 7) is 0. The molecule has 1 aromatic carbocycles. The summed E-state index contributed by atoms with van der Waals surface area (Å²) in [7, 11) is 1.59. The van der Waals surface area contributed by atoms with E-state index in [-0.39, 0.29) is 5.43 Å². The van der Waals surface area contributed by atoms with Crippen molar-refractivity contribution < 1.29 is 4.74 Å². The van der Waals surface area contributed by atoms with E-state index in [4.69, 9.17) is 4.74 Å². The van der Waals surface area contributed by atoms with Gasteiger partial charge in [-0.1, -0.05) is 0 Å². The first-order chi connectivity index (χ1) is 9.13. The molecule has 1 N–H and O–H groups in total. The van der Waals surface area contributed by atoms with Gasteiger partial charge in [-0.25, -0.2) is 0 Å². The number of halogens is 2. The number of methoxy groups -OCH3 is 1. The number of hydrogen-bond donors (Lipinski definition) is 1. The molecular formula is C14H13Br2NO2. The highest BCUT2D eigenvalue weighted by atomic mass is 79.9. The van der Waals surface area contributed by atoms with Crippen molar-refractivity contribution in [3.05, 3.63) is 36.5 Å². The van der Waals surface area contributed by atoms with Gasteiger partial charge in [0, 0.05) is 15.7 Å². The second kappa shape index (κ2) is 4.94. The lowest BCUT2D eigenvalue weighted by molar-refractivity contribution is 0.417. The molecule has 0 fully saturated rings. The van der Waals surface area contributed by atoms with Crippen molar-refractivity contribution in [3.8, 4) is 5.75 Å². The van der Waals surface area contributed by atoms with E-state index in [2.05, 4.69) is 36.8 Å². The number of pyridine rings is 1. The Bertz CT molecular complexity index is 722. The first-order valence-corrected chi connectivity index (χ1v) is 7.81. The average Bonchev–Trinajstić information content (AvgIpc) is 2.41.